The van der Waals surface area contributed by atoms with Crippen molar-refractivity contribution in [3.63, 3.8) is 0 Å². The van der Waals surface area contributed by atoms with Gasteiger partial charge in [-0.25, -0.2) is 9.78 Å². The van der Waals surface area contributed by atoms with Crippen LogP contribution >= 0.6 is 11.8 Å². The van der Waals surface area contributed by atoms with Crippen molar-refractivity contribution in [3.8, 4) is 0 Å². The molecule has 2 rings (SSSR count). The molecule has 1 amide bonds. The van der Waals surface area contributed by atoms with Gasteiger partial charge in [-0.3, -0.25) is 4.79 Å². The van der Waals surface area contributed by atoms with E-state index in [4.69, 9.17) is 9.26 Å². The molecule has 0 aliphatic carbocycles. The fourth-order valence-electron chi connectivity index (χ4n) is 1.79. The van der Waals surface area contributed by atoms with E-state index in [2.05, 4.69) is 15.5 Å². The fourth-order valence-corrected chi connectivity index (χ4v) is 2.93. The summed E-state index contributed by atoms with van der Waals surface area (Å²) in [5.41, 5.74) is 2.12. The SMILES string of the molecule is CNC(=O)COC(=O)c1cccnc1SCc1c(C)noc1C. The molecule has 122 valence electrons. The topological polar surface area (TPSA) is 94.3 Å². The van der Waals surface area contributed by atoms with Gasteiger partial charge in [-0.05, 0) is 26.0 Å². The number of pyridine rings is 1. The lowest BCUT2D eigenvalue weighted by Crippen LogP contribution is -2.25. The Morgan fingerprint density at radius 2 is 2.17 bits per heavy atom. The average molecular weight is 335 g/mol. The van der Waals surface area contributed by atoms with Crippen molar-refractivity contribution in [1.82, 2.24) is 15.5 Å². The van der Waals surface area contributed by atoms with Crippen molar-refractivity contribution in [1.29, 1.82) is 0 Å². The van der Waals surface area contributed by atoms with Gasteiger partial charge in [0.05, 0.1) is 11.3 Å². The minimum atomic E-state index is -0.581. The van der Waals surface area contributed by atoms with Gasteiger partial charge in [-0.15, -0.1) is 11.8 Å². The summed E-state index contributed by atoms with van der Waals surface area (Å²) in [6.45, 7) is 3.38. The number of carbonyl (C=O) groups is 2. The van der Waals surface area contributed by atoms with Crippen LogP contribution in [0, 0.1) is 13.8 Å². The Bertz CT molecular complexity index is 695. The normalized spacial score (nSPS) is 10.4. The highest BCUT2D eigenvalue weighted by molar-refractivity contribution is 7.98. The molecular formula is C15H17N3O4S. The van der Waals surface area contributed by atoms with Crippen LogP contribution in [0.3, 0.4) is 0 Å². The molecule has 1 N–H and O–H groups in total. The molecule has 0 aliphatic rings. The number of thioether (sulfide) groups is 1. The number of hydrogen-bond donors (Lipinski definition) is 1. The molecule has 0 saturated heterocycles. The molecule has 8 heteroatoms. The quantitative estimate of drug-likeness (QED) is 0.636. The molecule has 0 aromatic carbocycles. The molecule has 2 aromatic rings. The first-order valence-electron chi connectivity index (χ1n) is 6.90. The first kappa shape index (κ1) is 17.0. The molecular weight excluding hydrogens is 318 g/mol. The van der Waals surface area contributed by atoms with Gasteiger partial charge >= 0.3 is 5.97 Å². The second-order valence-electron chi connectivity index (χ2n) is 4.70. The first-order valence-corrected chi connectivity index (χ1v) is 7.88. The zero-order valence-electron chi connectivity index (χ0n) is 13.1. The lowest BCUT2D eigenvalue weighted by atomic mass is 10.2. The number of rotatable bonds is 6. The van der Waals surface area contributed by atoms with E-state index in [9.17, 15) is 9.59 Å². The maximum atomic E-state index is 12.1. The van der Waals surface area contributed by atoms with E-state index in [-0.39, 0.29) is 12.5 Å². The predicted octanol–water partition coefficient (Wildman–Crippen LogP) is 1.88. The highest BCUT2D eigenvalue weighted by Gasteiger charge is 2.17. The van der Waals surface area contributed by atoms with Gasteiger partial charge < -0.3 is 14.6 Å². The van der Waals surface area contributed by atoms with E-state index in [0.29, 0.717) is 16.3 Å². The molecule has 0 unspecified atom stereocenters. The number of amides is 1. The minimum Gasteiger partial charge on any atom is -0.452 e. The molecule has 0 bridgehead atoms. The van der Waals surface area contributed by atoms with Crippen molar-refractivity contribution in [2.45, 2.75) is 24.6 Å². The van der Waals surface area contributed by atoms with E-state index in [1.54, 1.807) is 18.3 Å². The van der Waals surface area contributed by atoms with Gasteiger partial charge in [-0.2, -0.15) is 0 Å². The number of nitrogens with one attached hydrogen (secondary N) is 1. The average Bonchev–Trinajstić information content (AvgIpc) is 2.89. The van der Waals surface area contributed by atoms with Crippen molar-refractivity contribution >= 4 is 23.6 Å². The van der Waals surface area contributed by atoms with E-state index >= 15 is 0 Å². The van der Waals surface area contributed by atoms with Gasteiger partial charge in [0.1, 0.15) is 10.8 Å². The molecule has 2 aromatic heterocycles. The van der Waals surface area contributed by atoms with E-state index in [0.717, 1.165) is 17.0 Å². The smallest absolute Gasteiger partial charge is 0.341 e. The molecule has 23 heavy (non-hydrogen) atoms. The highest BCUT2D eigenvalue weighted by Crippen LogP contribution is 2.27. The summed E-state index contributed by atoms with van der Waals surface area (Å²) in [4.78, 5) is 27.5. The monoisotopic (exact) mass is 335 g/mol. The summed E-state index contributed by atoms with van der Waals surface area (Å²) in [5, 5.41) is 6.82. The Morgan fingerprint density at radius 1 is 1.39 bits per heavy atom. The molecule has 2 heterocycles. The maximum Gasteiger partial charge on any atom is 0.341 e. The van der Waals surface area contributed by atoms with Gasteiger partial charge in [-0.1, -0.05) is 5.16 Å². The summed E-state index contributed by atoms with van der Waals surface area (Å²) in [6.07, 6.45) is 1.60. The zero-order chi connectivity index (χ0) is 16.8. The number of ether oxygens (including phenoxy) is 1. The second-order valence-corrected chi connectivity index (χ2v) is 5.66. The van der Waals surface area contributed by atoms with E-state index in [1.807, 2.05) is 13.8 Å². The molecule has 0 fully saturated rings. The number of hydrogen-bond acceptors (Lipinski definition) is 7. The van der Waals surface area contributed by atoms with Crippen molar-refractivity contribution in [3.05, 3.63) is 40.9 Å². The summed E-state index contributed by atoms with van der Waals surface area (Å²) >= 11 is 1.39. The van der Waals surface area contributed by atoms with Crippen LogP contribution in [0.25, 0.3) is 0 Å². The van der Waals surface area contributed by atoms with Crippen LogP contribution in [0.4, 0.5) is 0 Å². The molecule has 0 radical (unpaired) electrons. The Hall–Kier alpha value is -2.35. The van der Waals surface area contributed by atoms with Crippen molar-refractivity contribution in [2.24, 2.45) is 0 Å². The predicted molar refractivity (Wildman–Crippen MR) is 84.1 cm³/mol. The molecule has 0 aliphatic heterocycles. The number of nitrogens with zero attached hydrogens (tertiary/aromatic N) is 2. The minimum absolute atomic E-state index is 0.321. The van der Waals surface area contributed by atoms with Crippen molar-refractivity contribution < 1.29 is 18.8 Å². The third-order valence-corrected chi connectivity index (χ3v) is 4.17. The largest absolute Gasteiger partial charge is 0.452 e. The molecule has 0 atom stereocenters. The molecule has 0 spiro atoms. The molecule has 7 nitrogen and oxygen atoms in total. The standard InChI is InChI=1S/C15H17N3O4S/c1-9-12(10(2)22-18-9)8-23-14-11(5-4-6-17-14)15(20)21-7-13(19)16-3/h4-6H,7-8H2,1-3H3,(H,16,19). The number of likely N-dealkylation sites (N-methyl/N-ethyl adjacent to an activating group) is 1. The summed E-state index contributed by atoms with van der Waals surface area (Å²) in [5.74, 6) is 0.373. The third-order valence-electron chi connectivity index (χ3n) is 3.14. The van der Waals surface area contributed by atoms with Crippen molar-refractivity contribution in [2.75, 3.05) is 13.7 Å². The van der Waals surface area contributed by atoms with E-state index < -0.39 is 5.97 Å². The van der Waals surface area contributed by atoms with Crippen LogP contribution in [0.2, 0.25) is 0 Å². The fraction of sp³-hybridized carbons (Fsp3) is 0.333. The van der Waals surface area contributed by atoms with Gasteiger partial charge in [0.25, 0.3) is 5.91 Å². The summed E-state index contributed by atoms with van der Waals surface area (Å²) in [6, 6.07) is 3.27. The maximum absolute atomic E-state index is 12.1. The number of esters is 1. The van der Waals surface area contributed by atoms with Crippen LogP contribution in [-0.2, 0) is 15.3 Å². The zero-order valence-corrected chi connectivity index (χ0v) is 13.9. The lowest BCUT2D eigenvalue weighted by molar-refractivity contribution is -0.123. The number of aryl methyl sites for hydroxylation is 2. The number of carbonyl (C=O) groups excluding carboxylic acids is 2. The molecule has 0 saturated carbocycles. The van der Waals surface area contributed by atoms with Gasteiger partial charge in [0.2, 0.25) is 0 Å². The Kier molecular flexibility index (Phi) is 5.75. The highest BCUT2D eigenvalue weighted by atomic mass is 32.2. The Labute approximate surface area is 137 Å². The van der Waals surface area contributed by atoms with Crippen LogP contribution in [-0.4, -0.2) is 35.7 Å². The lowest BCUT2D eigenvalue weighted by Gasteiger charge is -2.08. The third kappa shape index (κ3) is 4.32. The Morgan fingerprint density at radius 3 is 2.83 bits per heavy atom. The number of aromatic nitrogens is 2. The van der Waals surface area contributed by atoms with Gasteiger partial charge in [0.15, 0.2) is 6.61 Å². The summed E-state index contributed by atoms with van der Waals surface area (Å²) in [7, 11) is 1.48. The van der Waals surface area contributed by atoms with Gasteiger partial charge in [0, 0.05) is 24.6 Å². The second kappa shape index (κ2) is 7.77. The van der Waals surface area contributed by atoms with Crippen LogP contribution in [0.5, 0.6) is 0 Å². The Balaban J connectivity index is 2.08. The van der Waals surface area contributed by atoms with Crippen LogP contribution in [0.1, 0.15) is 27.4 Å². The van der Waals surface area contributed by atoms with E-state index in [1.165, 1.54) is 18.8 Å². The van der Waals surface area contributed by atoms with Crippen LogP contribution in [0.15, 0.2) is 27.9 Å². The first-order chi connectivity index (χ1) is 11.0. The summed E-state index contributed by atoms with van der Waals surface area (Å²) < 4.78 is 10.1. The van der Waals surface area contributed by atoms with Crippen LogP contribution < -0.4 is 5.32 Å².